The second-order valence-corrected chi connectivity index (χ2v) is 5.50. The molecule has 0 aliphatic rings. The molecule has 14 heavy (non-hydrogen) atoms. The molecule has 0 aromatic heterocycles. The van der Waals surface area contributed by atoms with Crippen molar-refractivity contribution in [3.63, 3.8) is 0 Å². The summed E-state index contributed by atoms with van der Waals surface area (Å²) in [6.45, 7) is 0. The Hall–Kier alpha value is -0.290. The average Bonchev–Trinajstić information content (AvgIpc) is 1.97. The molecule has 0 saturated heterocycles. The predicted molar refractivity (Wildman–Crippen MR) is 58.1 cm³/mol. The molecule has 0 spiro atoms. The number of rotatable bonds is 3. The summed E-state index contributed by atoms with van der Waals surface area (Å²) in [6, 6.07) is 4.92. The molecule has 2 N–H and O–H groups in total. The van der Waals surface area contributed by atoms with Crippen molar-refractivity contribution >= 4 is 33.2 Å². The van der Waals surface area contributed by atoms with E-state index in [4.69, 9.17) is 28.3 Å². The fraction of sp³-hybridized carbons (Fsp3) is 0.250. The Bertz CT molecular complexity index is 411. The van der Waals surface area contributed by atoms with Gasteiger partial charge in [0.2, 0.25) is 10.0 Å². The lowest BCUT2D eigenvalue weighted by molar-refractivity contribution is 0.597. The molecule has 1 aromatic rings. The molecule has 6 heteroatoms. The average molecular weight is 254 g/mol. The van der Waals surface area contributed by atoms with Crippen molar-refractivity contribution in [3.8, 4) is 0 Å². The molecule has 0 saturated carbocycles. The van der Waals surface area contributed by atoms with E-state index in [-0.39, 0.29) is 5.75 Å². The van der Waals surface area contributed by atoms with Crippen LogP contribution in [0.1, 0.15) is 5.56 Å². The van der Waals surface area contributed by atoms with Crippen molar-refractivity contribution in [1.29, 1.82) is 0 Å². The largest absolute Gasteiger partial charge is 0.229 e. The highest BCUT2D eigenvalue weighted by Crippen LogP contribution is 2.19. The quantitative estimate of drug-likeness (QED) is 0.894. The second-order valence-electron chi connectivity index (χ2n) is 2.89. The van der Waals surface area contributed by atoms with E-state index < -0.39 is 10.0 Å². The first kappa shape index (κ1) is 11.8. The van der Waals surface area contributed by atoms with Gasteiger partial charge in [0, 0.05) is 10.0 Å². The maximum Gasteiger partial charge on any atom is 0.209 e. The van der Waals surface area contributed by atoms with Gasteiger partial charge in [-0.25, -0.2) is 13.6 Å². The van der Waals surface area contributed by atoms with E-state index in [9.17, 15) is 8.42 Å². The van der Waals surface area contributed by atoms with E-state index in [1.807, 2.05) is 0 Å². The van der Waals surface area contributed by atoms with Crippen LogP contribution in [0.5, 0.6) is 0 Å². The molecule has 0 amide bonds. The van der Waals surface area contributed by atoms with E-state index in [1.54, 1.807) is 18.2 Å². The SMILES string of the molecule is NS(=O)(=O)CCc1cc(Cl)cc(Cl)c1. The maximum absolute atomic E-state index is 10.7. The van der Waals surface area contributed by atoms with E-state index in [0.717, 1.165) is 5.56 Å². The highest BCUT2D eigenvalue weighted by atomic mass is 35.5. The molecule has 0 radical (unpaired) electrons. The smallest absolute Gasteiger partial charge is 0.209 e. The molecule has 0 aliphatic heterocycles. The number of hydrogen-bond donors (Lipinski definition) is 1. The Kier molecular flexibility index (Phi) is 3.78. The molecular weight excluding hydrogens is 245 g/mol. The van der Waals surface area contributed by atoms with Crippen LogP contribution in [0.2, 0.25) is 10.0 Å². The van der Waals surface area contributed by atoms with Gasteiger partial charge in [-0.1, -0.05) is 23.2 Å². The lowest BCUT2D eigenvalue weighted by Crippen LogP contribution is -2.17. The number of sulfonamides is 1. The van der Waals surface area contributed by atoms with Crippen molar-refractivity contribution < 1.29 is 8.42 Å². The van der Waals surface area contributed by atoms with Crippen LogP contribution in [0.15, 0.2) is 18.2 Å². The third kappa shape index (κ3) is 4.28. The lowest BCUT2D eigenvalue weighted by atomic mass is 10.2. The Morgan fingerprint density at radius 1 is 1.14 bits per heavy atom. The first-order chi connectivity index (χ1) is 6.37. The fourth-order valence-corrected chi connectivity index (χ4v) is 2.11. The van der Waals surface area contributed by atoms with Gasteiger partial charge in [-0.2, -0.15) is 0 Å². The first-order valence-corrected chi connectivity index (χ1v) is 6.29. The molecule has 0 heterocycles. The molecule has 78 valence electrons. The predicted octanol–water partition coefficient (Wildman–Crippen LogP) is 1.82. The van der Waals surface area contributed by atoms with Gasteiger partial charge in [0.1, 0.15) is 0 Å². The zero-order chi connectivity index (χ0) is 10.8. The summed E-state index contributed by atoms with van der Waals surface area (Å²) in [5, 5.41) is 5.84. The highest BCUT2D eigenvalue weighted by molar-refractivity contribution is 7.89. The Morgan fingerprint density at radius 2 is 1.64 bits per heavy atom. The molecule has 0 fully saturated rings. The van der Waals surface area contributed by atoms with Crippen LogP contribution in [0.3, 0.4) is 0 Å². The van der Waals surface area contributed by atoms with Gasteiger partial charge in [0.15, 0.2) is 0 Å². The lowest BCUT2D eigenvalue weighted by Gasteiger charge is -2.01. The Morgan fingerprint density at radius 3 is 2.07 bits per heavy atom. The molecule has 0 bridgehead atoms. The Balaban J connectivity index is 2.78. The zero-order valence-electron chi connectivity index (χ0n) is 7.20. The van der Waals surface area contributed by atoms with Gasteiger partial charge in [-0.15, -0.1) is 0 Å². The van der Waals surface area contributed by atoms with Crippen molar-refractivity contribution in [2.75, 3.05) is 5.75 Å². The van der Waals surface area contributed by atoms with Crippen molar-refractivity contribution in [3.05, 3.63) is 33.8 Å². The molecule has 3 nitrogen and oxygen atoms in total. The summed E-state index contributed by atoms with van der Waals surface area (Å²) in [6.07, 6.45) is 0.319. The molecule has 0 unspecified atom stereocenters. The molecule has 1 rings (SSSR count). The summed E-state index contributed by atoms with van der Waals surface area (Å²) in [7, 11) is -3.43. The van der Waals surface area contributed by atoms with Crippen LogP contribution in [0.4, 0.5) is 0 Å². The van der Waals surface area contributed by atoms with Gasteiger partial charge in [-0.05, 0) is 30.2 Å². The summed E-state index contributed by atoms with van der Waals surface area (Å²) in [5.74, 6) is -0.107. The maximum atomic E-state index is 10.7. The molecule has 1 aromatic carbocycles. The molecule has 0 atom stereocenters. The van der Waals surface area contributed by atoms with Crippen molar-refractivity contribution in [1.82, 2.24) is 0 Å². The van der Waals surface area contributed by atoms with E-state index in [2.05, 4.69) is 0 Å². The number of primary sulfonamides is 1. The minimum Gasteiger partial charge on any atom is -0.229 e. The van der Waals surface area contributed by atoms with Gasteiger partial charge in [-0.3, -0.25) is 0 Å². The Labute approximate surface area is 92.9 Å². The van der Waals surface area contributed by atoms with Crippen LogP contribution >= 0.6 is 23.2 Å². The number of nitrogens with two attached hydrogens (primary N) is 1. The summed E-state index contributed by atoms with van der Waals surface area (Å²) in [4.78, 5) is 0. The van der Waals surface area contributed by atoms with Crippen LogP contribution in [-0.4, -0.2) is 14.2 Å². The third-order valence-electron chi connectivity index (χ3n) is 1.60. The van der Waals surface area contributed by atoms with E-state index in [0.29, 0.717) is 16.5 Å². The standard InChI is InChI=1S/C8H9Cl2NO2S/c9-7-3-6(4-8(10)5-7)1-2-14(11,12)13/h3-5H,1-2H2,(H2,11,12,13). The summed E-state index contributed by atoms with van der Waals surface area (Å²) in [5.41, 5.74) is 0.761. The summed E-state index contributed by atoms with van der Waals surface area (Å²) >= 11 is 11.5. The minimum absolute atomic E-state index is 0.107. The second kappa shape index (κ2) is 4.49. The molecular formula is C8H9Cl2NO2S. The van der Waals surface area contributed by atoms with Crippen LogP contribution in [0.25, 0.3) is 0 Å². The molecule has 0 aliphatic carbocycles. The van der Waals surface area contributed by atoms with Gasteiger partial charge >= 0.3 is 0 Å². The van der Waals surface area contributed by atoms with Crippen LogP contribution < -0.4 is 5.14 Å². The topological polar surface area (TPSA) is 60.2 Å². The highest BCUT2D eigenvalue weighted by Gasteiger charge is 2.04. The zero-order valence-corrected chi connectivity index (χ0v) is 9.53. The number of hydrogen-bond acceptors (Lipinski definition) is 2. The van der Waals surface area contributed by atoms with E-state index in [1.165, 1.54) is 0 Å². The van der Waals surface area contributed by atoms with E-state index >= 15 is 0 Å². The monoisotopic (exact) mass is 253 g/mol. The van der Waals surface area contributed by atoms with Crippen LogP contribution in [0, 0.1) is 0 Å². The minimum atomic E-state index is -3.43. The number of aryl methyl sites for hydroxylation is 1. The normalized spacial score (nSPS) is 11.6. The number of halogens is 2. The van der Waals surface area contributed by atoms with Gasteiger partial charge in [0.25, 0.3) is 0 Å². The van der Waals surface area contributed by atoms with Crippen molar-refractivity contribution in [2.45, 2.75) is 6.42 Å². The van der Waals surface area contributed by atoms with Gasteiger partial charge in [0.05, 0.1) is 5.75 Å². The first-order valence-electron chi connectivity index (χ1n) is 3.82. The van der Waals surface area contributed by atoms with Gasteiger partial charge < -0.3 is 0 Å². The van der Waals surface area contributed by atoms with Crippen molar-refractivity contribution in [2.24, 2.45) is 5.14 Å². The van der Waals surface area contributed by atoms with Crippen LogP contribution in [-0.2, 0) is 16.4 Å². The number of benzene rings is 1. The fourth-order valence-electron chi connectivity index (χ4n) is 1.02. The summed E-state index contributed by atoms with van der Waals surface area (Å²) < 4.78 is 21.4. The third-order valence-corrected chi connectivity index (χ3v) is 2.81.